The van der Waals surface area contributed by atoms with E-state index in [2.05, 4.69) is 10.1 Å². The van der Waals surface area contributed by atoms with Crippen LogP contribution in [0.3, 0.4) is 0 Å². The van der Waals surface area contributed by atoms with Crippen molar-refractivity contribution in [2.24, 2.45) is 0 Å². The zero-order valence-corrected chi connectivity index (χ0v) is 8.91. The van der Waals surface area contributed by atoms with Gasteiger partial charge >= 0.3 is 5.97 Å². The SMILES string of the molecule is CC(C(=O)O)N(C)c1nccc2oncc12. The number of hydrogen-bond donors (Lipinski definition) is 1. The standard InChI is InChI=1S/C10H11N3O3/c1-6(10(14)15)13(2)9-7-5-12-16-8(7)3-4-11-9/h3-6H,1-2H3,(H,14,15). The Kier molecular flexibility index (Phi) is 2.47. The van der Waals surface area contributed by atoms with Gasteiger partial charge in [0.1, 0.15) is 11.9 Å². The number of carbonyl (C=O) groups is 1. The van der Waals surface area contributed by atoms with Gasteiger partial charge in [-0.3, -0.25) is 0 Å². The lowest BCUT2D eigenvalue weighted by molar-refractivity contribution is -0.138. The third kappa shape index (κ3) is 1.58. The largest absolute Gasteiger partial charge is 0.480 e. The number of likely N-dealkylation sites (N-methyl/N-ethyl adjacent to an activating group) is 1. The Bertz CT molecular complexity index is 523. The quantitative estimate of drug-likeness (QED) is 0.836. The molecule has 0 spiro atoms. The zero-order valence-electron chi connectivity index (χ0n) is 8.91. The van der Waals surface area contributed by atoms with E-state index in [0.29, 0.717) is 16.8 Å². The van der Waals surface area contributed by atoms with Crippen molar-refractivity contribution in [1.82, 2.24) is 10.1 Å². The number of carboxylic acids is 1. The number of pyridine rings is 1. The highest BCUT2D eigenvalue weighted by atomic mass is 16.5. The molecule has 6 heteroatoms. The monoisotopic (exact) mass is 221 g/mol. The molecule has 0 saturated heterocycles. The molecule has 6 nitrogen and oxygen atoms in total. The molecule has 2 aromatic rings. The van der Waals surface area contributed by atoms with Crippen LogP contribution in [-0.4, -0.2) is 34.3 Å². The lowest BCUT2D eigenvalue weighted by Crippen LogP contribution is -2.36. The average molecular weight is 221 g/mol. The van der Waals surface area contributed by atoms with Crippen molar-refractivity contribution in [3.63, 3.8) is 0 Å². The molecule has 0 aliphatic carbocycles. The first-order valence-corrected chi connectivity index (χ1v) is 4.76. The van der Waals surface area contributed by atoms with Gasteiger partial charge in [0.25, 0.3) is 0 Å². The molecule has 0 aliphatic heterocycles. The van der Waals surface area contributed by atoms with Crippen molar-refractivity contribution in [3.8, 4) is 0 Å². The van der Waals surface area contributed by atoms with Crippen LogP contribution in [0.4, 0.5) is 5.82 Å². The highest BCUT2D eigenvalue weighted by Crippen LogP contribution is 2.24. The van der Waals surface area contributed by atoms with Crippen LogP contribution in [0.2, 0.25) is 0 Å². The van der Waals surface area contributed by atoms with Gasteiger partial charge in [0.2, 0.25) is 0 Å². The van der Waals surface area contributed by atoms with Crippen LogP contribution in [0.15, 0.2) is 23.0 Å². The first-order valence-electron chi connectivity index (χ1n) is 4.76. The summed E-state index contributed by atoms with van der Waals surface area (Å²) in [5, 5.41) is 13.3. The van der Waals surface area contributed by atoms with E-state index in [-0.39, 0.29) is 0 Å². The number of aromatic nitrogens is 2. The van der Waals surface area contributed by atoms with Gasteiger partial charge in [0, 0.05) is 19.3 Å². The summed E-state index contributed by atoms with van der Waals surface area (Å²) in [5.41, 5.74) is 0.592. The Morgan fingerprint density at radius 2 is 2.38 bits per heavy atom. The Balaban J connectivity index is 2.46. The van der Waals surface area contributed by atoms with Gasteiger partial charge < -0.3 is 14.5 Å². The number of anilines is 1. The molecule has 1 atom stereocenters. The third-order valence-corrected chi connectivity index (χ3v) is 2.53. The fraction of sp³-hybridized carbons (Fsp3) is 0.300. The van der Waals surface area contributed by atoms with E-state index < -0.39 is 12.0 Å². The lowest BCUT2D eigenvalue weighted by atomic mass is 10.2. The summed E-state index contributed by atoms with van der Waals surface area (Å²) in [5.74, 6) is -0.355. The average Bonchev–Trinajstić information content (AvgIpc) is 2.74. The highest BCUT2D eigenvalue weighted by Gasteiger charge is 2.20. The van der Waals surface area contributed by atoms with E-state index >= 15 is 0 Å². The Morgan fingerprint density at radius 1 is 1.62 bits per heavy atom. The van der Waals surface area contributed by atoms with Gasteiger partial charge in [-0.25, -0.2) is 9.78 Å². The van der Waals surface area contributed by atoms with Crippen LogP contribution in [0.5, 0.6) is 0 Å². The van der Waals surface area contributed by atoms with Gasteiger partial charge in [0.05, 0.1) is 11.6 Å². The first kappa shape index (κ1) is 10.4. The maximum atomic E-state index is 10.9. The molecular weight excluding hydrogens is 210 g/mol. The van der Waals surface area contributed by atoms with Crippen LogP contribution in [0.1, 0.15) is 6.92 Å². The first-order chi connectivity index (χ1) is 7.61. The number of nitrogens with zero attached hydrogens (tertiary/aromatic N) is 3. The van der Waals surface area contributed by atoms with Gasteiger partial charge in [-0.05, 0) is 6.92 Å². The van der Waals surface area contributed by atoms with Gasteiger partial charge in [-0.2, -0.15) is 0 Å². The Labute approximate surface area is 91.5 Å². The molecule has 0 fully saturated rings. The molecule has 2 rings (SSSR count). The van der Waals surface area contributed by atoms with Crippen molar-refractivity contribution in [2.75, 3.05) is 11.9 Å². The molecular formula is C10H11N3O3. The molecule has 0 radical (unpaired) electrons. The summed E-state index contributed by atoms with van der Waals surface area (Å²) in [6.45, 7) is 1.59. The van der Waals surface area contributed by atoms with Gasteiger partial charge in [0.15, 0.2) is 5.58 Å². The number of rotatable bonds is 3. The van der Waals surface area contributed by atoms with Crippen LogP contribution in [-0.2, 0) is 4.79 Å². The molecule has 2 heterocycles. The summed E-state index contributed by atoms with van der Waals surface area (Å²) in [6.07, 6.45) is 3.09. The van der Waals surface area contributed by atoms with E-state index in [1.54, 1.807) is 31.1 Å². The van der Waals surface area contributed by atoms with E-state index in [4.69, 9.17) is 9.63 Å². The molecule has 16 heavy (non-hydrogen) atoms. The second-order valence-electron chi connectivity index (χ2n) is 3.50. The van der Waals surface area contributed by atoms with Crippen molar-refractivity contribution in [3.05, 3.63) is 18.5 Å². The molecule has 0 amide bonds. The minimum atomic E-state index is -0.905. The summed E-state index contributed by atoms with van der Waals surface area (Å²) in [7, 11) is 1.67. The Hall–Kier alpha value is -2.11. The molecule has 2 aromatic heterocycles. The highest BCUT2D eigenvalue weighted by molar-refractivity contribution is 5.89. The topological polar surface area (TPSA) is 79.5 Å². The van der Waals surface area contributed by atoms with Crippen molar-refractivity contribution in [2.45, 2.75) is 13.0 Å². The molecule has 0 aliphatic rings. The Morgan fingerprint density at radius 3 is 3.06 bits per heavy atom. The van der Waals surface area contributed by atoms with Crippen LogP contribution < -0.4 is 4.90 Å². The predicted octanol–water partition coefficient (Wildman–Crippen LogP) is 1.13. The van der Waals surface area contributed by atoms with Crippen LogP contribution >= 0.6 is 0 Å². The van der Waals surface area contributed by atoms with Crippen molar-refractivity contribution < 1.29 is 14.4 Å². The zero-order chi connectivity index (χ0) is 11.7. The van der Waals surface area contributed by atoms with E-state index in [9.17, 15) is 4.79 Å². The number of hydrogen-bond acceptors (Lipinski definition) is 5. The summed E-state index contributed by atoms with van der Waals surface area (Å²) >= 11 is 0. The van der Waals surface area contributed by atoms with E-state index in [0.717, 1.165) is 0 Å². The van der Waals surface area contributed by atoms with Gasteiger partial charge in [-0.15, -0.1) is 0 Å². The number of aliphatic carboxylic acids is 1. The predicted molar refractivity (Wildman–Crippen MR) is 57.3 cm³/mol. The van der Waals surface area contributed by atoms with E-state index in [1.165, 1.54) is 6.20 Å². The molecule has 1 N–H and O–H groups in total. The molecule has 0 aromatic carbocycles. The minimum absolute atomic E-state index is 0.550. The van der Waals surface area contributed by atoms with Gasteiger partial charge in [-0.1, -0.05) is 5.16 Å². The second-order valence-corrected chi connectivity index (χ2v) is 3.50. The summed E-state index contributed by atoms with van der Waals surface area (Å²) < 4.78 is 4.98. The molecule has 84 valence electrons. The maximum Gasteiger partial charge on any atom is 0.326 e. The third-order valence-electron chi connectivity index (χ3n) is 2.53. The fourth-order valence-corrected chi connectivity index (χ4v) is 1.41. The minimum Gasteiger partial charge on any atom is -0.480 e. The maximum absolute atomic E-state index is 10.9. The number of carboxylic acid groups (broad SMARTS) is 1. The van der Waals surface area contributed by atoms with Crippen molar-refractivity contribution >= 4 is 22.8 Å². The summed E-state index contributed by atoms with van der Waals surface area (Å²) in [6, 6.07) is 1.03. The fourth-order valence-electron chi connectivity index (χ4n) is 1.41. The number of fused-ring (bicyclic) bond motifs is 1. The van der Waals surface area contributed by atoms with Crippen LogP contribution in [0, 0.1) is 0 Å². The van der Waals surface area contributed by atoms with Crippen LogP contribution in [0.25, 0.3) is 11.0 Å². The van der Waals surface area contributed by atoms with E-state index in [1.807, 2.05) is 0 Å². The molecule has 0 bridgehead atoms. The second kappa shape index (κ2) is 3.80. The molecule has 1 unspecified atom stereocenters. The normalized spacial score (nSPS) is 12.6. The summed E-state index contributed by atoms with van der Waals surface area (Å²) in [4.78, 5) is 16.6. The van der Waals surface area contributed by atoms with Crippen molar-refractivity contribution in [1.29, 1.82) is 0 Å². The smallest absolute Gasteiger partial charge is 0.326 e. The lowest BCUT2D eigenvalue weighted by Gasteiger charge is -2.22. The molecule has 0 saturated carbocycles.